The molecule has 92 valence electrons. The van der Waals surface area contributed by atoms with Gasteiger partial charge >= 0.3 is 22.2 Å². The Morgan fingerprint density at radius 3 is 2.12 bits per heavy atom. The molecule has 1 rings (SSSR count). The van der Waals surface area contributed by atoms with Crippen molar-refractivity contribution in [3.8, 4) is 0 Å². The van der Waals surface area contributed by atoms with Crippen LogP contribution in [0.1, 0.15) is 20.7 Å². The standard InChI is InChI=1S/C8H7NO7S/c10-7(11)4-1-2-6(9-17(14,15)16)5(3-4)8(12)13/h1-3,9H,(H,10,11)(H,12,13)(H,14,15,16). The van der Waals surface area contributed by atoms with Gasteiger partial charge in [0.05, 0.1) is 16.8 Å². The molecule has 1 aromatic carbocycles. The second-order valence-corrected chi connectivity index (χ2v) is 4.10. The van der Waals surface area contributed by atoms with Crippen molar-refractivity contribution in [2.24, 2.45) is 0 Å². The number of nitrogens with one attached hydrogen (secondary N) is 1. The number of hydrogen-bond acceptors (Lipinski definition) is 4. The van der Waals surface area contributed by atoms with E-state index in [1.54, 1.807) is 4.72 Å². The van der Waals surface area contributed by atoms with Crippen LogP contribution in [0.15, 0.2) is 18.2 Å². The molecule has 17 heavy (non-hydrogen) atoms. The van der Waals surface area contributed by atoms with Gasteiger partial charge in [-0.05, 0) is 18.2 Å². The van der Waals surface area contributed by atoms with E-state index in [0.717, 1.165) is 18.2 Å². The quantitative estimate of drug-likeness (QED) is 0.571. The average molecular weight is 261 g/mol. The molecule has 0 spiro atoms. The van der Waals surface area contributed by atoms with Crippen molar-refractivity contribution in [1.82, 2.24) is 0 Å². The van der Waals surface area contributed by atoms with E-state index in [1.807, 2.05) is 0 Å². The van der Waals surface area contributed by atoms with Crippen LogP contribution >= 0.6 is 0 Å². The summed E-state index contributed by atoms with van der Waals surface area (Å²) in [5.74, 6) is -2.88. The van der Waals surface area contributed by atoms with Crippen LogP contribution < -0.4 is 4.72 Å². The third kappa shape index (κ3) is 3.43. The minimum Gasteiger partial charge on any atom is -0.478 e. The Kier molecular flexibility index (Phi) is 3.34. The SMILES string of the molecule is O=C(O)c1ccc(NS(=O)(=O)O)c(C(=O)O)c1. The lowest BCUT2D eigenvalue weighted by molar-refractivity contribution is 0.0696. The highest BCUT2D eigenvalue weighted by molar-refractivity contribution is 7.87. The van der Waals surface area contributed by atoms with Crippen molar-refractivity contribution >= 4 is 27.9 Å². The van der Waals surface area contributed by atoms with Gasteiger partial charge in [0.2, 0.25) is 0 Å². The lowest BCUT2D eigenvalue weighted by Crippen LogP contribution is -2.14. The molecule has 0 amide bonds. The van der Waals surface area contributed by atoms with E-state index in [1.165, 1.54) is 0 Å². The molecule has 0 heterocycles. The fraction of sp³-hybridized carbons (Fsp3) is 0. The van der Waals surface area contributed by atoms with Crippen LogP contribution in [0.2, 0.25) is 0 Å². The zero-order valence-corrected chi connectivity index (χ0v) is 8.93. The highest BCUT2D eigenvalue weighted by Crippen LogP contribution is 2.18. The molecular weight excluding hydrogens is 254 g/mol. The van der Waals surface area contributed by atoms with Gasteiger partial charge in [0.25, 0.3) is 0 Å². The number of carboxylic acid groups (broad SMARTS) is 2. The van der Waals surface area contributed by atoms with Crippen molar-refractivity contribution in [3.63, 3.8) is 0 Å². The van der Waals surface area contributed by atoms with E-state index in [-0.39, 0.29) is 5.56 Å². The molecule has 0 bridgehead atoms. The number of carbonyl (C=O) groups is 2. The molecule has 0 aromatic heterocycles. The van der Waals surface area contributed by atoms with Gasteiger partial charge in [0.1, 0.15) is 0 Å². The third-order valence-electron chi connectivity index (χ3n) is 1.74. The number of aromatic carboxylic acids is 2. The number of carboxylic acids is 2. The van der Waals surface area contributed by atoms with Crippen LogP contribution in [0.25, 0.3) is 0 Å². The van der Waals surface area contributed by atoms with Crippen molar-refractivity contribution < 1.29 is 32.8 Å². The highest BCUT2D eigenvalue weighted by atomic mass is 32.2. The maximum atomic E-state index is 10.8. The van der Waals surface area contributed by atoms with Gasteiger partial charge in [-0.25, -0.2) is 9.59 Å². The third-order valence-corrected chi connectivity index (χ3v) is 2.21. The largest absolute Gasteiger partial charge is 0.478 e. The maximum Gasteiger partial charge on any atom is 0.357 e. The maximum absolute atomic E-state index is 10.8. The molecule has 0 radical (unpaired) electrons. The molecule has 0 aliphatic rings. The first kappa shape index (κ1) is 12.9. The summed E-state index contributed by atoms with van der Waals surface area (Å²) in [6.07, 6.45) is 0. The van der Waals surface area contributed by atoms with Gasteiger partial charge in [-0.2, -0.15) is 8.42 Å². The predicted molar refractivity (Wildman–Crippen MR) is 55.5 cm³/mol. The summed E-state index contributed by atoms with van der Waals surface area (Å²) < 4.78 is 31.1. The normalized spacial score (nSPS) is 10.9. The molecule has 0 fully saturated rings. The second kappa shape index (κ2) is 4.39. The van der Waals surface area contributed by atoms with Crippen LogP contribution in [0, 0.1) is 0 Å². The lowest BCUT2D eigenvalue weighted by Gasteiger charge is -2.07. The molecule has 1 aromatic rings. The van der Waals surface area contributed by atoms with E-state index in [0.29, 0.717) is 0 Å². The minimum absolute atomic E-state index is 0.316. The topological polar surface area (TPSA) is 141 Å². The van der Waals surface area contributed by atoms with Gasteiger partial charge in [-0.3, -0.25) is 9.27 Å². The summed E-state index contributed by atoms with van der Waals surface area (Å²) in [6, 6.07) is 2.71. The smallest absolute Gasteiger partial charge is 0.357 e. The predicted octanol–water partition coefficient (Wildman–Crippen LogP) is 0.298. The van der Waals surface area contributed by atoms with Crippen molar-refractivity contribution in [2.75, 3.05) is 4.72 Å². The first-order valence-corrected chi connectivity index (χ1v) is 5.50. The Bertz CT molecular complexity index is 578. The van der Waals surface area contributed by atoms with E-state index in [2.05, 4.69) is 0 Å². The van der Waals surface area contributed by atoms with Gasteiger partial charge in [0, 0.05) is 0 Å². The van der Waals surface area contributed by atoms with Crippen LogP contribution in [-0.4, -0.2) is 35.1 Å². The van der Waals surface area contributed by atoms with Crippen molar-refractivity contribution in [3.05, 3.63) is 29.3 Å². The summed E-state index contributed by atoms with van der Waals surface area (Å²) in [4.78, 5) is 21.4. The molecule has 0 unspecified atom stereocenters. The molecule has 0 saturated heterocycles. The first-order chi connectivity index (χ1) is 7.70. The van der Waals surface area contributed by atoms with Crippen molar-refractivity contribution in [2.45, 2.75) is 0 Å². The second-order valence-electron chi connectivity index (χ2n) is 2.95. The summed E-state index contributed by atoms with van der Waals surface area (Å²) in [7, 11) is -4.63. The zero-order valence-electron chi connectivity index (χ0n) is 8.11. The minimum atomic E-state index is -4.63. The van der Waals surface area contributed by atoms with Crippen LogP contribution in [0.4, 0.5) is 5.69 Å². The Morgan fingerprint density at radius 2 is 1.71 bits per heavy atom. The van der Waals surface area contributed by atoms with E-state index >= 15 is 0 Å². The number of anilines is 1. The van der Waals surface area contributed by atoms with Gasteiger partial charge < -0.3 is 10.2 Å². The fourth-order valence-corrected chi connectivity index (χ4v) is 1.54. The van der Waals surface area contributed by atoms with Gasteiger partial charge in [0.15, 0.2) is 0 Å². The molecule has 0 aliphatic carbocycles. The number of rotatable bonds is 4. The van der Waals surface area contributed by atoms with Crippen LogP contribution in [0.5, 0.6) is 0 Å². The summed E-state index contributed by atoms with van der Waals surface area (Å²) >= 11 is 0. The molecule has 4 N–H and O–H groups in total. The number of hydrogen-bond donors (Lipinski definition) is 4. The van der Waals surface area contributed by atoms with Crippen LogP contribution in [0.3, 0.4) is 0 Å². The fourth-order valence-electron chi connectivity index (χ4n) is 1.08. The molecule has 9 heteroatoms. The molecule has 0 atom stereocenters. The van der Waals surface area contributed by atoms with Gasteiger partial charge in [-0.15, -0.1) is 0 Å². The Morgan fingerprint density at radius 1 is 1.12 bits per heavy atom. The molecular formula is C8H7NO7S. The Balaban J connectivity index is 3.32. The molecule has 8 nitrogen and oxygen atoms in total. The van der Waals surface area contributed by atoms with Crippen LogP contribution in [-0.2, 0) is 10.3 Å². The van der Waals surface area contributed by atoms with Crippen molar-refractivity contribution in [1.29, 1.82) is 0 Å². The van der Waals surface area contributed by atoms with Gasteiger partial charge in [-0.1, -0.05) is 0 Å². The summed E-state index contributed by atoms with van der Waals surface area (Å²) in [6.45, 7) is 0. The first-order valence-electron chi connectivity index (χ1n) is 4.06. The summed E-state index contributed by atoms with van der Waals surface area (Å²) in [5, 5.41) is 17.4. The van der Waals surface area contributed by atoms with E-state index < -0.39 is 33.5 Å². The average Bonchev–Trinajstić information content (AvgIpc) is 2.14. The Labute approximate surface area is 95.4 Å². The number of benzene rings is 1. The summed E-state index contributed by atoms with van der Waals surface area (Å²) in [5.41, 5.74) is -1.32. The molecule has 0 aliphatic heterocycles. The molecule has 0 saturated carbocycles. The Hall–Kier alpha value is -2.13. The van der Waals surface area contributed by atoms with E-state index in [4.69, 9.17) is 14.8 Å². The highest BCUT2D eigenvalue weighted by Gasteiger charge is 2.16. The monoisotopic (exact) mass is 261 g/mol. The zero-order chi connectivity index (χ0) is 13.2. The lowest BCUT2D eigenvalue weighted by atomic mass is 10.1. The van der Waals surface area contributed by atoms with E-state index in [9.17, 15) is 18.0 Å².